The molecule has 1 aromatic rings. The lowest BCUT2D eigenvalue weighted by atomic mass is 9.97. The molecule has 76 valence electrons. The fourth-order valence-corrected chi connectivity index (χ4v) is 1.09. The Hall–Kier alpha value is -1.51. The summed E-state index contributed by atoms with van der Waals surface area (Å²) in [5, 5.41) is 18.0. The summed E-state index contributed by atoms with van der Waals surface area (Å²) in [5.41, 5.74) is 0.414. The van der Waals surface area contributed by atoms with Crippen molar-refractivity contribution in [2.24, 2.45) is 5.89 Å². The quantitative estimate of drug-likeness (QED) is 0.774. The number of aliphatic carboxylic acids is 1. The molecule has 0 saturated carbocycles. The van der Waals surface area contributed by atoms with Gasteiger partial charge in [-0.15, -0.1) is 0 Å². The van der Waals surface area contributed by atoms with Gasteiger partial charge in [-0.1, -0.05) is 19.1 Å². The largest absolute Gasteiger partial charge is 0.508 e. The SMILES string of the molecule is [2H]C(c1ccc(O)cc1)C([2H])(CC)C(=O)O. The summed E-state index contributed by atoms with van der Waals surface area (Å²) < 4.78 is 15.6. The van der Waals surface area contributed by atoms with Crippen LogP contribution in [0.1, 0.15) is 21.6 Å². The van der Waals surface area contributed by atoms with E-state index in [2.05, 4.69) is 0 Å². The number of phenolic OH excluding ortho intramolecular Hbond substituents is 1. The van der Waals surface area contributed by atoms with E-state index in [0.29, 0.717) is 5.56 Å². The predicted molar refractivity (Wildman–Crippen MR) is 53.2 cm³/mol. The molecule has 0 spiro atoms. The van der Waals surface area contributed by atoms with Gasteiger partial charge in [0, 0.05) is 2.74 Å². The molecule has 2 N–H and O–H groups in total. The summed E-state index contributed by atoms with van der Waals surface area (Å²) in [6.07, 6.45) is -1.12. The summed E-state index contributed by atoms with van der Waals surface area (Å²) in [4.78, 5) is 11.0. The van der Waals surface area contributed by atoms with Gasteiger partial charge in [-0.05, 0) is 30.5 Å². The molecule has 0 heterocycles. The maximum Gasteiger partial charge on any atom is 0.306 e. The Morgan fingerprint density at radius 3 is 2.57 bits per heavy atom. The van der Waals surface area contributed by atoms with E-state index in [-0.39, 0.29) is 12.2 Å². The number of carboxylic acids is 1. The normalized spacial score (nSPS) is 18.9. The first-order valence-corrected chi connectivity index (χ1v) is 4.36. The lowest BCUT2D eigenvalue weighted by molar-refractivity contribution is -0.141. The number of aromatic hydroxyl groups is 1. The van der Waals surface area contributed by atoms with Crippen LogP contribution in [0.25, 0.3) is 0 Å². The van der Waals surface area contributed by atoms with Gasteiger partial charge in [-0.3, -0.25) is 4.79 Å². The summed E-state index contributed by atoms with van der Waals surface area (Å²) >= 11 is 0. The first-order valence-electron chi connectivity index (χ1n) is 5.44. The average Bonchev–Trinajstić information content (AvgIpc) is 2.27. The van der Waals surface area contributed by atoms with E-state index in [0.717, 1.165) is 0 Å². The number of phenols is 1. The van der Waals surface area contributed by atoms with Crippen LogP contribution in [0.2, 0.25) is 0 Å². The molecule has 0 fully saturated rings. The fourth-order valence-electron chi connectivity index (χ4n) is 1.09. The number of carboxylic acid groups (broad SMARTS) is 1. The predicted octanol–water partition coefficient (Wildman–Crippen LogP) is 2.05. The minimum absolute atomic E-state index is 0.0530. The highest BCUT2D eigenvalue weighted by Gasteiger charge is 2.15. The average molecular weight is 196 g/mol. The highest BCUT2D eigenvalue weighted by atomic mass is 16.4. The highest BCUT2D eigenvalue weighted by molar-refractivity contribution is 5.70. The first-order chi connectivity index (χ1) is 7.41. The Labute approximate surface area is 85.8 Å². The van der Waals surface area contributed by atoms with Gasteiger partial charge in [-0.25, -0.2) is 0 Å². The van der Waals surface area contributed by atoms with Crippen LogP contribution in [0, 0.1) is 5.89 Å². The smallest absolute Gasteiger partial charge is 0.306 e. The highest BCUT2D eigenvalue weighted by Crippen LogP contribution is 2.15. The Morgan fingerprint density at radius 2 is 2.14 bits per heavy atom. The third-order valence-corrected chi connectivity index (χ3v) is 1.89. The van der Waals surface area contributed by atoms with Crippen LogP contribution in [0.5, 0.6) is 5.75 Å². The molecule has 0 amide bonds. The zero-order chi connectivity index (χ0) is 12.3. The Morgan fingerprint density at radius 1 is 1.57 bits per heavy atom. The molecule has 0 aromatic heterocycles. The topological polar surface area (TPSA) is 57.5 Å². The van der Waals surface area contributed by atoms with Crippen LogP contribution in [0.15, 0.2) is 24.3 Å². The minimum atomic E-state index is -1.85. The first kappa shape index (κ1) is 7.85. The van der Waals surface area contributed by atoms with E-state index in [4.69, 9.17) is 13.0 Å². The lowest BCUT2D eigenvalue weighted by Crippen LogP contribution is -2.15. The Bertz CT molecular complexity index is 377. The molecule has 0 aliphatic rings. The van der Waals surface area contributed by atoms with Crippen molar-refractivity contribution in [1.82, 2.24) is 0 Å². The second-order valence-electron chi connectivity index (χ2n) is 2.92. The van der Waals surface area contributed by atoms with Crippen molar-refractivity contribution >= 4 is 5.97 Å². The van der Waals surface area contributed by atoms with Gasteiger partial charge in [0.15, 0.2) is 0 Å². The minimum Gasteiger partial charge on any atom is -0.508 e. The Kier molecular flexibility index (Phi) is 2.61. The van der Waals surface area contributed by atoms with Crippen molar-refractivity contribution in [2.75, 3.05) is 0 Å². The van der Waals surface area contributed by atoms with Crippen molar-refractivity contribution in [3.8, 4) is 5.75 Å². The molecule has 14 heavy (non-hydrogen) atoms. The van der Waals surface area contributed by atoms with Gasteiger partial charge >= 0.3 is 5.97 Å². The van der Waals surface area contributed by atoms with Crippen molar-refractivity contribution in [2.45, 2.75) is 19.7 Å². The van der Waals surface area contributed by atoms with Crippen LogP contribution < -0.4 is 0 Å². The van der Waals surface area contributed by atoms with Gasteiger partial charge in [0.05, 0.1) is 5.89 Å². The van der Waals surface area contributed by atoms with Gasteiger partial charge in [0.25, 0.3) is 0 Å². The summed E-state index contributed by atoms with van der Waals surface area (Å²) in [7, 11) is 0. The number of hydrogen-bond donors (Lipinski definition) is 2. The third kappa shape index (κ3) is 2.76. The fraction of sp³-hybridized carbons (Fsp3) is 0.364. The van der Waals surface area contributed by atoms with Crippen LogP contribution >= 0.6 is 0 Å². The van der Waals surface area contributed by atoms with E-state index >= 15 is 0 Å². The van der Waals surface area contributed by atoms with E-state index in [9.17, 15) is 4.79 Å². The molecule has 0 bridgehead atoms. The van der Waals surface area contributed by atoms with E-state index in [1.807, 2.05) is 0 Å². The van der Waals surface area contributed by atoms with Crippen LogP contribution in [-0.2, 0) is 11.2 Å². The summed E-state index contributed by atoms with van der Waals surface area (Å²) in [5.74, 6) is -3.10. The zero-order valence-corrected chi connectivity index (χ0v) is 7.90. The zero-order valence-electron chi connectivity index (χ0n) is 9.90. The summed E-state index contributed by atoms with van der Waals surface area (Å²) in [6, 6.07) is 5.70. The van der Waals surface area contributed by atoms with Crippen LogP contribution in [0.4, 0.5) is 0 Å². The number of hydrogen-bond acceptors (Lipinski definition) is 2. The molecule has 2 atom stereocenters. The number of carbonyl (C=O) groups is 1. The van der Waals surface area contributed by atoms with Crippen molar-refractivity contribution in [1.29, 1.82) is 0 Å². The number of rotatable bonds is 4. The second kappa shape index (κ2) is 4.65. The van der Waals surface area contributed by atoms with E-state index < -0.39 is 18.3 Å². The molecule has 0 saturated heterocycles. The maximum atomic E-state index is 11.0. The molecular formula is C11H14O3. The molecular weight excluding hydrogens is 180 g/mol. The van der Waals surface area contributed by atoms with Crippen LogP contribution in [0.3, 0.4) is 0 Å². The molecule has 3 nitrogen and oxygen atoms in total. The third-order valence-electron chi connectivity index (χ3n) is 1.89. The molecule has 1 rings (SSSR count). The van der Waals surface area contributed by atoms with Gasteiger partial charge in [-0.2, -0.15) is 0 Å². The van der Waals surface area contributed by atoms with Crippen molar-refractivity contribution in [3.05, 3.63) is 29.8 Å². The Balaban J connectivity index is 3.04. The molecule has 0 aliphatic carbocycles. The molecule has 0 aliphatic heterocycles. The lowest BCUT2D eigenvalue weighted by Gasteiger charge is -2.09. The molecule has 3 heteroatoms. The van der Waals surface area contributed by atoms with Gasteiger partial charge < -0.3 is 10.2 Å². The summed E-state index contributed by atoms with van der Waals surface area (Å²) in [6.45, 7) is 1.57. The molecule has 2 unspecified atom stereocenters. The number of benzene rings is 1. The van der Waals surface area contributed by atoms with Gasteiger partial charge in [0.1, 0.15) is 5.75 Å². The van der Waals surface area contributed by atoms with Crippen LogP contribution in [-0.4, -0.2) is 16.2 Å². The second-order valence-corrected chi connectivity index (χ2v) is 2.92. The monoisotopic (exact) mass is 196 g/mol. The molecule has 1 aromatic carbocycles. The standard InChI is InChI=1S/C11H14O3/c1-2-9(11(13)14)7-8-3-5-10(12)6-4-8/h3-6,9,12H,2,7H2,1H3,(H,13,14)/i7D,9D. The van der Waals surface area contributed by atoms with Gasteiger partial charge in [0.2, 0.25) is 0 Å². The maximum absolute atomic E-state index is 11.0. The van der Waals surface area contributed by atoms with Crippen molar-refractivity contribution in [3.63, 3.8) is 0 Å². The van der Waals surface area contributed by atoms with Crippen molar-refractivity contribution < 1.29 is 17.7 Å². The molecule has 0 radical (unpaired) electrons. The van der Waals surface area contributed by atoms with E-state index in [1.54, 1.807) is 6.92 Å². The van der Waals surface area contributed by atoms with E-state index in [1.165, 1.54) is 24.3 Å².